The monoisotopic (exact) mass is 221 g/mol. The first-order valence-corrected chi connectivity index (χ1v) is 5.63. The van der Waals surface area contributed by atoms with E-state index in [1.807, 2.05) is 13.0 Å². The van der Waals surface area contributed by atoms with Gasteiger partial charge in [0.05, 0.1) is 12.6 Å². The Bertz CT molecular complexity index is 389. The fourth-order valence-corrected chi connectivity index (χ4v) is 1.91. The molecule has 0 spiro atoms. The molecule has 0 radical (unpaired) electrons. The first-order chi connectivity index (χ1) is 7.81. The molecule has 1 aromatic rings. The number of rotatable bonds is 4. The molecular weight excluding hydrogens is 205 g/mol. The van der Waals surface area contributed by atoms with E-state index >= 15 is 0 Å². The van der Waals surface area contributed by atoms with Gasteiger partial charge in [-0.05, 0) is 30.3 Å². The lowest BCUT2D eigenvalue weighted by Gasteiger charge is -2.19. The summed E-state index contributed by atoms with van der Waals surface area (Å²) < 4.78 is 18.7. The maximum Gasteiger partial charge on any atom is 0.123 e. The molecule has 1 heterocycles. The van der Waals surface area contributed by atoms with Crippen molar-refractivity contribution in [2.24, 2.45) is 0 Å². The van der Waals surface area contributed by atoms with Gasteiger partial charge in [0.1, 0.15) is 11.6 Å². The van der Waals surface area contributed by atoms with Crippen LogP contribution in [0, 0.1) is 5.82 Å². The maximum absolute atomic E-state index is 13.2. The van der Waals surface area contributed by atoms with E-state index in [1.54, 1.807) is 12.1 Å². The van der Waals surface area contributed by atoms with E-state index in [0.29, 0.717) is 0 Å². The van der Waals surface area contributed by atoms with Gasteiger partial charge >= 0.3 is 0 Å². The molecule has 3 heteroatoms. The van der Waals surface area contributed by atoms with E-state index in [4.69, 9.17) is 4.74 Å². The summed E-state index contributed by atoms with van der Waals surface area (Å²) >= 11 is 0. The molecule has 0 saturated carbocycles. The second kappa shape index (κ2) is 5.12. The largest absolute Gasteiger partial charge is 0.496 e. The van der Waals surface area contributed by atoms with Crippen molar-refractivity contribution in [2.75, 3.05) is 13.2 Å². The molecule has 1 aliphatic heterocycles. The van der Waals surface area contributed by atoms with E-state index in [2.05, 4.69) is 11.4 Å². The van der Waals surface area contributed by atoms with Crippen LogP contribution in [0.1, 0.15) is 24.9 Å². The van der Waals surface area contributed by atoms with Crippen molar-refractivity contribution < 1.29 is 9.13 Å². The maximum atomic E-state index is 13.2. The average Bonchev–Trinajstić information content (AvgIpc) is 2.79. The molecule has 0 fully saturated rings. The molecule has 1 aromatic carbocycles. The van der Waals surface area contributed by atoms with E-state index in [0.717, 1.165) is 30.9 Å². The van der Waals surface area contributed by atoms with E-state index in [1.165, 1.54) is 6.07 Å². The summed E-state index contributed by atoms with van der Waals surface area (Å²) in [4.78, 5) is 0. The zero-order valence-electron chi connectivity index (χ0n) is 9.37. The molecule has 1 unspecified atom stereocenters. The van der Waals surface area contributed by atoms with Crippen molar-refractivity contribution in [2.45, 2.75) is 19.4 Å². The Hall–Kier alpha value is -1.35. The highest BCUT2D eigenvalue weighted by molar-refractivity contribution is 5.27. The van der Waals surface area contributed by atoms with E-state index < -0.39 is 0 Å². The standard InChI is InChI=1S/C13H16FNO/c1-2-15-13(12-7-4-8-16-12)10-5-3-6-11(14)9-10/h3,5-7,9,13,15H,2,4,8H2,1H3. The fraction of sp³-hybridized carbons (Fsp3) is 0.385. The fourth-order valence-electron chi connectivity index (χ4n) is 1.91. The van der Waals surface area contributed by atoms with E-state index in [-0.39, 0.29) is 11.9 Å². The Morgan fingerprint density at radius 1 is 1.50 bits per heavy atom. The van der Waals surface area contributed by atoms with Crippen LogP contribution in [0.15, 0.2) is 36.1 Å². The highest BCUT2D eigenvalue weighted by Gasteiger charge is 2.19. The molecule has 86 valence electrons. The van der Waals surface area contributed by atoms with Crippen LogP contribution in [0.25, 0.3) is 0 Å². The first kappa shape index (κ1) is 11.1. The number of hydrogen-bond donors (Lipinski definition) is 1. The van der Waals surface area contributed by atoms with Crippen molar-refractivity contribution in [3.63, 3.8) is 0 Å². The van der Waals surface area contributed by atoms with Crippen LogP contribution in [0.3, 0.4) is 0 Å². The lowest BCUT2D eigenvalue weighted by atomic mass is 10.0. The predicted molar refractivity (Wildman–Crippen MR) is 61.5 cm³/mol. The Labute approximate surface area is 95.1 Å². The zero-order chi connectivity index (χ0) is 11.4. The Morgan fingerprint density at radius 3 is 3.00 bits per heavy atom. The van der Waals surface area contributed by atoms with E-state index in [9.17, 15) is 4.39 Å². The SMILES string of the molecule is CCNC(C1=CCCO1)c1cccc(F)c1. The Kier molecular flexibility index (Phi) is 3.57. The smallest absolute Gasteiger partial charge is 0.123 e. The molecule has 0 aliphatic carbocycles. The van der Waals surface area contributed by atoms with Gasteiger partial charge in [-0.2, -0.15) is 0 Å². The van der Waals surface area contributed by atoms with Gasteiger partial charge in [-0.15, -0.1) is 0 Å². The summed E-state index contributed by atoms with van der Waals surface area (Å²) in [6.45, 7) is 3.58. The van der Waals surface area contributed by atoms with Crippen LogP contribution in [0.5, 0.6) is 0 Å². The van der Waals surface area contributed by atoms with Gasteiger partial charge in [-0.1, -0.05) is 19.1 Å². The lowest BCUT2D eigenvalue weighted by molar-refractivity contribution is 0.216. The molecule has 1 N–H and O–H groups in total. The second-order valence-corrected chi connectivity index (χ2v) is 3.79. The van der Waals surface area contributed by atoms with Crippen molar-refractivity contribution in [3.8, 4) is 0 Å². The van der Waals surface area contributed by atoms with Crippen LogP contribution >= 0.6 is 0 Å². The summed E-state index contributed by atoms with van der Waals surface area (Å²) in [5.41, 5.74) is 0.912. The third-order valence-electron chi connectivity index (χ3n) is 2.61. The predicted octanol–water partition coefficient (Wildman–Crippen LogP) is 2.78. The van der Waals surface area contributed by atoms with Gasteiger partial charge in [0.15, 0.2) is 0 Å². The van der Waals surface area contributed by atoms with Crippen molar-refractivity contribution in [3.05, 3.63) is 47.5 Å². The Morgan fingerprint density at radius 2 is 2.38 bits per heavy atom. The number of nitrogens with one attached hydrogen (secondary N) is 1. The summed E-state index contributed by atoms with van der Waals surface area (Å²) in [6, 6.07) is 6.62. The normalized spacial score (nSPS) is 16.8. The van der Waals surface area contributed by atoms with Crippen LogP contribution in [0.4, 0.5) is 4.39 Å². The van der Waals surface area contributed by atoms with Crippen molar-refractivity contribution >= 4 is 0 Å². The third kappa shape index (κ3) is 2.42. The summed E-state index contributed by atoms with van der Waals surface area (Å²) in [6.07, 6.45) is 3.00. The number of likely N-dealkylation sites (N-methyl/N-ethyl adjacent to an activating group) is 1. The molecule has 16 heavy (non-hydrogen) atoms. The highest BCUT2D eigenvalue weighted by Crippen LogP contribution is 2.26. The molecule has 1 aliphatic rings. The molecule has 0 aromatic heterocycles. The third-order valence-corrected chi connectivity index (χ3v) is 2.61. The molecule has 0 bridgehead atoms. The molecule has 0 amide bonds. The van der Waals surface area contributed by atoms with Crippen LogP contribution in [-0.4, -0.2) is 13.2 Å². The van der Waals surface area contributed by atoms with Gasteiger partial charge in [0.25, 0.3) is 0 Å². The zero-order valence-corrected chi connectivity index (χ0v) is 9.37. The summed E-state index contributed by atoms with van der Waals surface area (Å²) in [5, 5.41) is 3.31. The first-order valence-electron chi connectivity index (χ1n) is 5.63. The second-order valence-electron chi connectivity index (χ2n) is 3.79. The van der Waals surface area contributed by atoms with Gasteiger partial charge < -0.3 is 10.1 Å². The minimum absolute atomic E-state index is 0.0248. The molecule has 2 nitrogen and oxygen atoms in total. The summed E-state index contributed by atoms with van der Waals surface area (Å²) in [5.74, 6) is 0.700. The van der Waals surface area contributed by atoms with Crippen molar-refractivity contribution in [1.29, 1.82) is 0 Å². The highest BCUT2D eigenvalue weighted by atomic mass is 19.1. The number of ether oxygens (including phenoxy) is 1. The van der Waals surface area contributed by atoms with Crippen molar-refractivity contribution in [1.82, 2.24) is 5.32 Å². The summed E-state index contributed by atoms with van der Waals surface area (Å²) in [7, 11) is 0. The van der Waals surface area contributed by atoms with Gasteiger partial charge in [-0.3, -0.25) is 0 Å². The minimum Gasteiger partial charge on any atom is -0.496 e. The van der Waals surface area contributed by atoms with Crippen LogP contribution < -0.4 is 5.32 Å². The van der Waals surface area contributed by atoms with Gasteiger partial charge in [0, 0.05) is 6.42 Å². The number of benzene rings is 1. The Balaban J connectivity index is 2.24. The molecule has 0 saturated heterocycles. The quantitative estimate of drug-likeness (QED) is 0.844. The molecular formula is C13H16FNO. The van der Waals surface area contributed by atoms with Crippen LogP contribution in [0.2, 0.25) is 0 Å². The van der Waals surface area contributed by atoms with Gasteiger partial charge in [-0.25, -0.2) is 4.39 Å². The average molecular weight is 221 g/mol. The number of hydrogen-bond acceptors (Lipinski definition) is 2. The molecule has 1 atom stereocenters. The number of halogens is 1. The van der Waals surface area contributed by atoms with Crippen LogP contribution in [-0.2, 0) is 4.74 Å². The lowest BCUT2D eigenvalue weighted by Crippen LogP contribution is -2.23. The minimum atomic E-state index is -0.209. The topological polar surface area (TPSA) is 21.3 Å². The van der Waals surface area contributed by atoms with Gasteiger partial charge in [0.2, 0.25) is 0 Å². The molecule has 2 rings (SSSR count).